The minimum absolute atomic E-state index is 0.154. The molecular weight excluding hydrogens is 272 g/mol. The maximum absolute atomic E-state index is 11.3. The third kappa shape index (κ3) is 3.08. The number of ketones is 1. The van der Waals surface area contributed by atoms with Gasteiger partial charge in [-0.2, -0.15) is 0 Å². The van der Waals surface area contributed by atoms with Crippen molar-refractivity contribution in [3.63, 3.8) is 0 Å². The molecule has 1 aromatic rings. The summed E-state index contributed by atoms with van der Waals surface area (Å²) in [4.78, 5) is 12.4. The molecule has 0 saturated carbocycles. The van der Waals surface area contributed by atoms with Gasteiger partial charge in [0.25, 0.3) is 0 Å². The molecule has 1 rings (SSSR count). The van der Waals surface area contributed by atoms with Crippen molar-refractivity contribution in [2.24, 2.45) is 0 Å². The SMILES string of the molecule is CCc1cc(SC)ccc1C(Br)C(C)=O. The van der Waals surface area contributed by atoms with Crippen LogP contribution in [0.2, 0.25) is 0 Å². The normalized spacial score (nSPS) is 12.5. The molecule has 0 amide bonds. The predicted octanol–water partition coefficient (Wildman–Crippen LogP) is 4.00. The highest BCUT2D eigenvalue weighted by molar-refractivity contribution is 9.09. The van der Waals surface area contributed by atoms with E-state index in [4.69, 9.17) is 0 Å². The summed E-state index contributed by atoms with van der Waals surface area (Å²) in [6, 6.07) is 6.28. The van der Waals surface area contributed by atoms with Gasteiger partial charge in [0.1, 0.15) is 5.78 Å². The van der Waals surface area contributed by atoms with Crippen LogP contribution < -0.4 is 0 Å². The van der Waals surface area contributed by atoms with E-state index in [1.165, 1.54) is 10.5 Å². The van der Waals surface area contributed by atoms with Crippen molar-refractivity contribution in [2.75, 3.05) is 6.26 Å². The first kappa shape index (κ1) is 12.8. The minimum atomic E-state index is -0.164. The summed E-state index contributed by atoms with van der Waals surface area (Å²) in [5.74, 6) is 0.154. The zero-order valence-corrected chi connectivity index (χ0v) is 11.6. The summed E-state index contributed by atoms with van der Waals surface area (Å²) in [5.41, 5.74) is 2.35. The monoisotopic (exact) mass is 286 g/mol. The molecule has 15 heavy (non-hydrogen) atoms. The lowest BCUT2D eigenvalue weighted by molar-refractivity contribution is -0.116. The molecule has 0 spiro atoms. The number of benzene rings is 1. The van der Waals surface area contributed by atoms with Gasteiger partial charge < -0.3 is 0 Å². The van der Waals surface area contributed by atoms with Crippen molar-refractivity contribution in [3.8, 4) is 0 Å². The van der Waals surface area contributed by atoms with Crippen LogP contribution in [0.4, 0.5) is 0 Å². The average Bonchev–Trinajstić information content (AvgIpc) is 2.27. The number of rotatable bonds is 4. The van der Waals surface area contributed by atoms with Gasteiger partial charge in [0.15, 0.2) is 0 Å². The summed E-state index contributed by atoms with van der Waals surface area (Å²) >= 11 is 5.16. The number of hydrogen-bond donors (Lipinski definition) is 0. The Bertz CT molecular complexity index is 363. The topological polar surface area (TPSA) is 17.1 Å². The number of carbonyl (C=O) groups is 1. The fourth-order valence-electron chi connectivity index (χ4n) is 1.48. The van der Waals surface area contributed by atoms with Crippen molar-refractivity contribution < 1.29 is 4.79 Å². The molecule has 1 atom stereocenters. The molecule has 0 bridgehead atoms. The second-order valence-corrected chi connectivity index (χ2v) is 5.19. The van der Waals surface area contributed by atoms with E-state index in [0.29, 0.717) is 0 Å². The Morgan fingerprint density at radius 2 is 2.20 bits per heavy atom. The Kier molecular flexibility index (Phi) is 4.87. The molecule has 0 aromatic heterocycles. The lowest BCUT2D eigenvalue weighted by atomic mass is 10.0. The van der Waals surface area contributed by atoms with E-state index in [1.807, 2.05) is 6.07 Å². The molecule has 0 fully saturated rings. The third-order valence-electron chi connectivity index (χ3n) is 2.36. The van der Waals surface area contributed by atoms with Crippen LogP contribution in [0.25, 0.3) is 0 Å². The molecule has 0 aliphatic heterocycles. The Hall–Kier alpha value is -0.280. The number of carbonyl (C=O) groups excluding carboxylic acids is 1. The van der Waals surface area contributed by atoms with Gasteiger partial charge in [-0.1, -0.05) is 28.9 Å². The van der Waals surface area contributed by atoms with E-state index in [0.717, 1.165) is 12.0 Å². The van der Waals surface area contributed by atoms with Crippen molar-refractivity contribution in [1.82, 2.24) is 0 Å². The Morgan fingerprint density at radius 3 is 2.67 bits per heavy atom. The highest BCUT2D eigenvalue weighted by Crippen LogP contribution is 2.30. The summed E-state index contributed by atoms with van der Waals surface area (Å²) < 4.78 is 0. The molecule has 0 aliphatic rings. The van der Waals surface area contributed by atoms with Crippen LogP contribution in [0.3, 0.4) is 0 Å². The number of halogens is 1. The number of hydrogen-bond acceptors (Lipinski definition) is 2. The predicted molar refractivity (Wildman–Crippen MR) is 70.0 cm³/mol. The van der Waals surface area contributed by atoms with Crippen LogP contribution in [0.5, 0.6) is 0 Å². The van der Waals surface area contributed by atoms with Gasteiger partial charge in [-0.3, -0.25) is 4.79 Å². The highest BCUT2D eigenvalue weighted by Gasteiger charge is 2.15. The molecule has 82 valence electrons. The summed E-state index contributed by atoms with van der Waals surface area (Å²) in [7, 11) is 0. The van der Waals surface area contributed by atoms with Crippen LogP contribution in [-0.2, 0) is 11.2 Å². The van der Waals surface area contributed by atoms with Crippen LogP contribution in [0, 0.1) is 0 Å². The lowest BCUT2D eigenvalue weighted by Gasteiger charge is -2.12. The highest BCUT2D eigenvalue weighted by atomic mass is 79.9. The second kappa shape index (κ2) is 5.71. The second-order valence-electron chi connectivity index (χ2n) is 3.39. The first-order valence-electron chi connectivity index (χ1n) is 4.91. The van der Waals surface area contributed by atoms with Crippen LogP contribution in [0.1, 0.15) is 29.8 Å². The van der Waals surface area contributed by atoms with Crippen molar-refractivity contribution in [2.45, 2.75) is 30.0 Å². The van der Waals surface area contributed by atoms with Gasteiger partial charge in [-0.05, 0) is 42.9 Å². The largest absolute Gasteiger partial charge is 0.298 e. The lowest BCUT2D eigenvalue weighted by Crippen LogP contribution is -2.04. The smallest absolute Gasteiger partial charge is 0.147 e. The summed E-state index contributed by atoms with van der Waals surface area (Å²) in [6.45, 7) is 3.73. The number of Topliss-reactive ketones (excluding diaryl/α,β-unsaturated/α-hetero) is 1. The Morgan fingerprint density at radius 1 is 1.53 bits per heavy atom. The molecule has 0 N–H and O–H groups in total. The maximum atomic E-state index is 11.3. The third-order valence-corrected chi connectivity index (χ3v) is 4.22. The van der Waals surface area contributed by atoms with Crippen LogP contribution >= 0.6 is 27.7 Å². The quantitative estimate of drug-likeness (QED) is 0.615. The number of thioether (sulfide) groups is 1. The zero-order chi connectivity index (χ0) is 11.4. The van der Waals surface area contributed by atoms with Gasteiger partial charge in [0, 0.05) is 4.90 Å². The summed E-state index contributed by atoms with van der Waals surface area (Å²) in [5, 5.41) is 0. The maximum Gasteiger partial charge on any atom is 0.147 e. The Balaban J connectivity index is 3.12. The van der Waals surface area contributed by atoms with Gasteiger partial charge in [-0.15, -0.1) is 11.8 Å². The van der Waals surface area contributed by atoms with E-state index in [1.54, 1.807) is 18.7 Å². The zero-order valence-electron chi connectivity index (χ0n) is 9.21. The van der Waals surface area contributed by atoms with E-state index < -0.39 is 0 Å². The first-order valence-corrected chi connectivity index (χ1v) is 7.05. The number of alkyl halides is 1. The van der Waals surface area contributed by atoms with E-state index in [9.17, 15) is 4.79 Å². The van der Waals surface area contributed by atoms with Crippen LogP contribution in [-0.4, -0.2) is 12.0 Å². The molecule has 0 saturated heterocycles. The van der Waals surface area contributed by atoms with Gasteiger partial charge in [0.2, 0.25) is 0 Å². The molecule has 1 unspecified atom stereocenters. The average molecular weight is 287 g/mol. The number of aryl methyl sites for hydroxylation is 1. The first-order chi connectivity index (χ1) is 7.10. The molecule has 1 nitrogen and oxygen atoms in total. The molecule has 0 heterocycles. The van der Waals surface area contributed by atoms with Gasteiger partial charge in [0.05, 0.1) is 4.83 Å². The summed E-state index contributed by atoms with van der Waals surface area (Å²) in [6.07, 6.45) is 3.02. The Labute approximate surface area is 104 Å². The van der Waals surface area contributed by atoms with Crippen molar-refractivity contribution in [1.29, 1.82) is 0 Å². The fraction of sp³-hybridized carbons (Fsp3) is 0.417. The van der Waals surface area contributed by atoms with E-state index in [-0.39, 0.29) is 10.6 Å². The standard InChI is InChI=1S/C12H15BrOS/c1-4-9-7-10(15-3)5-6-11(9)12(13)8(2)14/h5-7,12H,4H2,1-3H3. The molecular formula is C12H15BrOS. The molecule has 1 aromatic carbocycles. The van der Waals surface area contributed by atoms with Gasteiger partial charge in [-0.25, -0.2) is 0 Å². The fourth-order valence-corrected chi connectivity index (χ4v) is 2.39. The van der Waals surface area contributed by atoms with Crippen molar-refractivity contribution >= 4 is 33.5 Å². The van der Waals surface area contributed by atoms with E-state index in [2.05, 4.69) is 41.2 Å². The van der Waals surface area contributed by atoms with Gasteiger partial charge >= 0.3 is 0 Å². The molecule has 0 aliphatic carbocycles. The van der Waals surface area contributed by atoms with E-state index >= 15 is 0 Å². The molecule has 0 radical (unpaired) electrons. The van der Waals surface area contributed by atoms with Crippen molar-refractivity contribution in [3.05, 3.63) is 29.3 Å². The van der Waals surface area contributed by atoms with Crippen LogP contribution in [0.15, 0.2) is 23.1 Å². The molecule has 3 heteroatoms. The minimum Gasteiger partial charge on any atom is -0.298 e.